The van der Waals surface area contributed by atoms with Crippen LogP contribution in [0, 0.1) is 11.3 Å². The highest BCUT2D eigenvalue weighted by Gasteiger charge is 2.13. The van der Waals surface area contributed by atoms with Crippen LogP contribution in [0.1, 0.15) is 25.7 Å². The summed E-state index contributed by atoms with van der Waals surface area (Å²) in [5.74, 6) is 1.81. The second-order valence-corrected chi connectivity index (χ2v) is 5.78. The third kappa shape index (κ3) is 3.41. The van der Waals surface area contributed by atoms with Crippen molar-refractivity contribution in [2.45, 2.75) is 32.2 Å². The normalized spacial score (nSPS) is 10.7. The zero-order chi connectivity index (χ0) is 16.8. The van der Waals surface area contributed by atoms with Crippen LogP contribution in [0.15, 0.2) is 48.5 Å². The van der Waals surface area contributed by atoms with Gasteiger partial charge in [0.1, 0.15) is 11.6 Å². The molecule has 122 valence electrons. The lowest BCUT2D eigenvalue weighted by Crippen LogP contribution is -2.01. The van der Waals surface area contributed by atoms with Crippen molar-refractivity contribution in [2.75, 3.05) is 7.11 Å². The summed E-state index contributed by atoms with van der Waals surface area (Å²) in [6.07, 6.45) is 3.68. The molecule has 0 aliphatic heterocycles. The number of fused-ring (bicyclic) bond motifs is 1. The first kappa shape index (κ1) is 16.1. The monoisotopic (exact) mass is 319 g/mol. The maximum atomic E-state index is 8.66. The van der Waals surface area contributed by atoms with Gasteiger partial charge in [0.2, 0.25) is 0 Å². The predicted molar refractivity (Wildman–Crippen MR) is 95.8 cm³/mol. The summed E-state index contributed by atoms with van der Waals surface area (Å²) < 4.78 is 7.60. The lowest BCUT2D eigenvalue weighted by molar-refractivity contribution is 0.415. The van der Waals surface area contributed by atoms with E-state index in [4.69, 9.17) is 15.0 Å². The fourth-order valence-corrected chi connectivity index (χ4v) is 2.92. The topological polar surface area (TPSA) is 50.8 Å². The number of hydrogen-bond donors (Lipinski definition) is 0. The number of nitrogens with zero attached hydrogens (tertiary/aromatic N) is 3. The summed E-state index contributed by atoms with van der Waals surface area (Å²) in [5, 5.41) is 8.66. The number of rotatable bonds is 7. The molecule has 0 amide bonds. The van der Waals surface area contributed by atoms with Crippen LogP contribution in [-0.4, -0.2) is 16.7 Å². The molecule has 0 aliphatic carbocycles. The largest absolute Gasteiger partial charge is 0.497 e. The van der Waals surface area contributed by atoms with E-state index in [-0.39, 0.29) is 0 Å². The van der Waals surface area contributed by atoms with E-state index >= 15 is 0 Å². The van der Waals surface area contributed by atoms with Crippen molar-refractivity contribution < 1.29 is 4.74 Å². The van der Waals surface area contributed by atoms with E-state index < -0.39 is 0 Å². The van der Waals surface area contributed by atoms with Crippen LogP contribution in [0.3, 0.4) is 0 Å². The molecule has 3 rings (SSSR count). The van der Waals surface area contributed by atoms with E-state index in [1.165, 1.54) is 0 Å². The molecule has 0 bridgehead atoms. The fourth-order valence-electron chi connectivity index (χ4n) is 2.92. The number of benzene rings is 2. The van der Waals surface area contributed by atoms with Gasteiger partial charge < -0.3 is 9.30 Å². The molecule has 0 radical (unpaired) electrons. The highest BCUT2D eigenvalue weighted by molar-refractivity contribution is 5.82. The molecule has 0 unspecified atom stereocenters. The summed E-state index contributed by atoms with van der Waals surface area (Å²) in [6, 6.07) is 18.5. The molecule has 2 aromatic carbocycles. The van der Waals surface area contributed by atoms with Crippen LogP contribution in [0.25, 0.3) is 22.4 Å². The standard InChI is InChI=1S/C20H21N3O/c1-24-17-11-12-19-18(15-17)22-20(16-9-5-4-6-10-16)23(19)14-8-3-2-7-13-21/h4-6,9-12,15H,2-3,7-8,14H2,1H3. The summed E-state index contributed by atoms with van der Waals surface area (Å²) in [7, 11) is 1.67. The molecule has 0 atom stereocenters. The number of hydrogen-bond acceptors (Lipinski definition) is 3. The molecule has 4 heteroatoms. The van der Waals surface area contributed by atoms with Crippen molar-refractivity contribution in [3.8, 4) is 23.2 Å². The quantitative estimate of drug-likeness (QED) is 0.588. The van der Waals surface area contributed by atoms with Crippen LogP contribution >= 0.6 is 0 Å². The van der Waals surface area contributed by atoms with Gasteiger partial charge >= 0.3 is 0 Å². The number of imidazole rings is 1. The number of aromatic nitrogens is 2. The molecule has 0 spiro atoms. The Morgan fingerprint density at radius 1 is 1.08 bits per heavy atom. The van der Waals surface area contributed by atoms with Crippen LogP contribution in [0.4, 0.5) is 0 Å². The van der Waals surface area contributed by atoms with E-state index in [2.05, 4.69) is 28.8 Å². The van der Waals surface area contributed by atoms with Gasteiger partial charge in [-0.1, -0.05) is 36.8 Å². The Kier molecular flexibility index (Phi) is 5.12. The molecular weight excluding hydrogens is 298 g/mol. The smallest absolute Gasteiger partial charge is 0.141 e. The Bertz CT molecular complexity index is 846. The van der Waals surface area contributed by atoms with Gasteiger partial charge in [-0.05, 0) is 25.0 Å². The molecule has 0 saturated carbocycles. The molecule has 1 heterocycles. The van der Waals surface area contributed by atoms with Crippen molar-refractivity contribution in [2.24, 2.45) is 0 Å². The maximum absolute atomic E-state index is 8.66. The van der Waals surface area contributed by atoms with Crippen molar-refractivity contribution in [1.29, 1.82) is 5.26 Å². The lowest BCUT2D eigenvalue weighted by Gasteiger charge is -2.09. The van der Waals surface area contributed by atoms with Gasteiger partial charge in [0.15, 0.2) is 0 Å². The summed E-state index contributed by atoms with van der Waals surface area (Å²) in [6.45, 7) is 0.901. The zero-order valence-corrected chi connectivity index (χ0v) is 13.9. The molecule has 4 nitrogen and oxygen atoms in total. The lowest BCUT2D eigenvalue weighted by atomic mass is 10.2. The van der Waals surface area contributed by atoms with E-state index in [1.54, 1.807) is 7.11 Å². The van der Waals surface area contributed by atoms with Crippen molar-refractivity contribution in [1.82, 2.24) is 9.55 Å². The van der Waals surface area contributed by atoms with Crippen LogP contribution in [0.2, 0.25) is 0 Å². The fraction of sp³-hybridized carbons (Fsp3) is 0.300. The molecular formula is C20H21N3O. The summed E-state index contributed by atoms with van der Waals surface area (Å²) in [4.78, 5) is 4.84. The van der Waals surface area contributed by atoms with Crippen molar-refractivity contribution in [3.05, 3.63) is 48.5 Å². The number of ether oxygens (including phenoxy) is 1. The van der Waals surface area contributed by atoms with Crippen LogP contribution in [0.5, 0.6) is 5.75 Å². The maximum Gasteiger partial charge on any atom is 0.141 e. The Morgan fingerprint density at radius 2 is 1.92 bits per heavy atom. The highest BCUT2D eigenvalue weighted by atomic mass is 16.5. The molecule has 0 N–H and O–H groups in total. The average molecular weight is 319 g/mol. The third-order valence-corrected chi connectivity index (χ3v) is 4.16. The van der Waals surface area contributed by atoms with Gasteiger partial charge in [0.05, 0.1) is 24.2 Å². The first-order valence-corrected chi connectivity index (χ1v) is 8.30. The Labute approximate surface area is 142 Å². The average Bonchev–Trinajstić information content (AvgIpc) is 3.00. The second kappa shape index (κ2) is 7.65. The molecule has 24 heavy (non-hydrogen) atoms. The number of unbranched alkanes of at least 4 members (excludes halogenated alkanes) is 3. The number of methoxy groups -OCH3 is 1. The molecule has 0 saturated heterocycles. The van der Waals surface area contributed by atoms with Gasteiger partial charge in [0, 0.05) is 24.6 Å². The van der Waals surface area contributed by atoms with Gasteiger partial charge in [-0.25, -0.2) is 4.98 Å². The first-order valence-electron chi connectivity index (χ1n) is 8.30. The van der Waals surface area contributed by atoms with Crippen LogP contribution in [-0.2, 0) is 6.54 Å². The van der Waals surface area contributed by atoms with E-state index in [9.17, 15) is 0 Å². The first-order chi connectivity index (χ1) is 11.8. The summed E-state index contributed by atoms with van der Waals surface area (Å²) in [5.41, 5.74) is 3.19. The molecule has 0 fully saturated rings. The van der Waals surface area contributed by atoms with E-state index in [0.717, 1.165) is 54.0 Å². The van der Waals surface area contributed by atoms with Gasteiger partial charge in [0.25, 0.3) is 0 Å². The van der Waals surface area contributed by atoms with Gasteiger partial charge in [-0.15, -0.1) is 0 Å². The van der Waals surface area contributed by atoms with E-state index in [0.29, 0.717) is 6.42 Å². The molecule has 0 aliphatic rings. The minimum Gasteiger partial charge on any atom is -0.497 e. The highest BCUT2D eigenvalue weighted by Crippen LogP contribution is 2.28. The summed E-state index contributed by atoms with van der Waals surface area (Å²) >= 11 is 0. The Balaban J connectivity index is 1.95. The SMILES string of the molecule is COc1ccc2c(c1)nc(-c1ccccc1)n2CCCCCC#N. The van der Waals surface area contributed by atoms with Gasteiger partial charge in [-0.3, -0.25) is 0 Å². The molecule has 1 aromatic heterocycles. The minimum absolute atomic E-state index is 0.632. The molecule has 3 aromatic rings. The minimum atomic E-state index is 0.632. The Hall–Kier alpha value is -2.80. The van der Waals surface area contributed by atoms with Gasteiger partial charge in [-0.2, -0.15) is 5.26 Å². The Morgan fingerprint density at radius 3 is 2.67 bits per heavy atom. The van der Waals surface area contributed by atoms with Crippen molar-refractivity contribution in [3.63, 3.8) is 0 Å². The third-order valence-electron chi connectivity index (χ3n) is 4.16. The van der Waals surface area contributed by atoms with E-state index in [1.807, 2.05) is 30.3 Å². The predicted octanol–water partition coefficient (Wildman–Crippen LogP) is 4.80. The number of aryl methyl sites for hydroxylation is 1. The zero-order valence-electron chi connectivity index (χ0n) is 13.9. The van der Waals surface area contributed by atoms with Crippen molar-refractivity contribution >= 4 is 11.0 Å². The number of nitriles is 1. The van der Waals surface area contributed by atoms with Crippen LogP contribution < -0.4 is 4.74 Å². The second-order valence-electron chi connectivity index (χ2n) is 5.78.